The molecule has 0 aliphatic carbocycles. The van der Waals surface area contributed by atoms with Crippen LogP contribution < -0.4 is 10.6 Å². The van der Waals surface area contributed by atoms with Gasteiger partial charge in [0.1, 0.15) is 16.4 Å². The van der Waals surface area contributed by atoms with E-state index < -0.39 is 11.7 Å². The van der Waals surface area contributed by atoms with E-state index in [-0.39, 0.29) is 34.9 Å². The molecule has 6 nitrogen and oxygen atoms in total. The van der Waals surface area contributed by atoms with Crippen LogP contribution >= 0.6 is 23.2 Å². The SMILES string of the molecule is CC(C)(C)OC(=O)NCCNC(=O)c1cc(Cl)c(Cl)[nH]1. The number of carbonyl (C=O) groups excluding carboxylic acids is 2. The van der Waals surface area contributed by atoms with E-state index in [0.29, 0.717) is 0 Å². The second-order valence-electron chi connectivity index (χ2n) is 5.03. The minimum atomic E-state index is -0.551. The molecule has 0 saturated heterocycles. The quantitative estimate of drug-likeness (QED) is 0.745. The first kappa shape index (κ1) is 16.7. The Morgan fingerprint density at radius 2 is 1.85 bits per heavy atom. The average Bonchev–Trinajstić information content (AvgIpc) is 2.63. The monoisotopic (exact) mass is 321 g/mol. The molecule has 1 aromatic rings. The molecule has 2 amide bonds. The van der Waals surface area contributed by atoms with Gasteiger partial charge in [-0.2, -0.15) is 0 Å². The molecule has 20 heavy (non-hydrogen) atoms. The van der Waals surface area contributed by atoms with Crippen molar-refractivity contribution in [3.8, 4) is 0 Å². The van der Waals surface area contributed by atoms with Crippen molar-refractivity contribution in [2.45, 2.75) is 26.4 Å². The van der Waals surface area contributed by atoms with Gasteiger partial charge < -0.3 is 20.4 Å². The van der Waals surface area contributed by atoms with Crippen LogP contribution in [0.2, 0.25) is 10.2 Å². The van der Waals surface area contributed by atoms with Gasteiger partial charge in [-0.1, -0.05) is 23.2 Å². The van der Waals surface area contributed by atoms with E-state index >= 15 is 0 Å². The predicted molar refractivity (Wildman–Crippen MR) is 77.4 cm³/mol. The summed E-state index contributed by atoms with van der Waals surface area (Å²) in [6.07, 6.45) is -0.530. The summed E-state index contributed by atoms with van der Waals surface area (Å²) in [6, 6.07) is 1.43. The van der Waals surface area contributed by atoms with Gasteiger partial charge in [-0.3, -0.25) is 4.79 Å². The molecule has 112 valence electrons. The summed E-state index contributed by atoms with van der Waals surface area (Å²) in [7, 11) is 0. The molecule has 3 N–H and O–H groups in total. The number of rotatable bonds is 4. The van der Waals surface area contributed by atoms with Crippen LogP contribution in [0.25, 0.3) is 0 Å². The Morgan fingerprint density at radius 3 is 2.35 bits per heavy atom. The maximum absolute atomic E-state index is 11.7. The van der Waals surface area contributed by atoms with Gasteiger partial charge in [0.15, 0.2) is 0 Å². The van der Waals surface area contributed by atoms with E-state index in [1.807, 2.05) is 0 Å². The van der Waals surface area contributed by atoms with Gasteiger partial charge >= 0.3 is 6.09 Å². The van der Waals surface area contributed by atoms with Gasteiger partial charge in [0, 0.05) is 13.1 Å². The minimum Gasteiger partial charge on any atom is -0.444 e. The number of aromatic nitrogens is 1. The lowest BCUT2D eigenvalue weighted by molar-refractivity contribution is 0.0526. The Hall–Kier alpha value is -1.40. The second-order valence-corrected chi connectivity index (χ2v) is 5.81. The molecule has 0 unspecified atom stereocenters. The lowest BCUT2D eigenvalue weighted by atomic mass is 10.2. The van der Waals surface area contributed by atoms with Crippen LogP contribution in [0.1, 0.15) is 31.3 Å². The minimum absolute atomic E-state index is 0.212. The number of amides is 2. The zero-order chi connectivity index (χ0) is 15.3. The maximum atomic E-state index is 11.7. The number of hydrogen-bond acceptors (Lipinski definition) is 3. The maximum Gasteiger partial charge on any atom is 0.407 e. The molecule has 1 heterocycles. The lowest BCUT2D eigenvalue weighted by Gasteiger charge is -2.19. The van der Waals surface area contributed by atoms with Crippen molar-refractivity contribution < 1.29 is 14.3 Å². The third kappa shape index (κ3) is 5.71. The van der Waals surface area contributed by atoms with Crippen molar-refractivity contribution >= 4 is 35.2 Å². The van der Waals surface area contributed by atoms with Crippen LogP contribution in [0.15, 0.2) is 6.07 Å². The fourth-order valence-electron chi connectivity index (χ4n) is 1.28. The van der Waals surface area contributed by atoms with Crippen LogP contribution in [0, 0.1) is 0 Å². The van der Waals surface area contributed by atoms with Crippen molar-refractivity contribution in [1.29, 1.82) is 0 Å². The zero-order valence-corrected chi connectivity index (χ0v) is 13.0. The number of carbonyl (C=O) groups is 2. The van der Waals surface area contributed by atoms with Gasteiger partial charge in [0.25, 0.3) is 5.91 Å². The summed E-state index contributed by atoms with van der Waals surface area (Å²) >= 11 is 11.4. The largest absolute Gasteiger partial charge is 0.444 e. The Kier molecular flexibility index (Phi) is 5.71. The number of hydrogen-bond donors (Lipinski definition) is 3. The Labute approximate surface area is 127 Å². The Balaban J connectivity index is 2.28. The van der Waals surface area contributed by atoms with E-state index in [1.165, 1.54) is 6.07 Å². The molecular formula is C12H17Cl2N3O3. The fourth-order valence-corrected chi connectivity index (χ4v) is 1.59. The van der Waals surface area contributed by atoms with E-state index in [4.69, 9.17) is 27.9 Å². The van der Waals surface area contributed by atoms with Crippen LogP contribution in [-0.2, 0) is 4.74 Å². The van der Waals surface area contributed by atoms with E-state index in [0.717, 1.165) is 0 Å². The van der Waals surface area contributed by atoms with Crippen molar-refractivity contribution in [2.75, 3.05) is 13.1 Å². The molecule has 0 aromatic carbocycles. The van der Waals surface area contributed by atoms with Crippen molar-refractivity contribution in [1.82, 2.24) is 15.6 Å². The van der Waals surface area contributed by atoms with Crippen molar-refractivity contribution in [3.63, 3.8) is 0 Å². The first-order valence-electron chi connectivity index (χ1n) is 5.98. The summed E-state index contributed by atoms with van der Waals surface area (Å²) in [4.78, 5) is 25.6. The number of aromatic amines is 1. The van der Waals surface area contributed by atoms with Gasteiger partial charge in [0.05, 0.1) is 5.02 Å². The summed E-state index contributed by atoms with van der Waals surface area (Å²) < 4.78 is 5.04. The standard InChI is InChI=1S/C12H17Cl2N3O3/c1-12(2,3)20-11(19)16-5-4-15-10(18)8-6-7(13)9(14)17-8/h6,17H,4-5H2,1-3H3,(H,15,18)(H,16,19). The molecule has 0 bridgehead atoms. The third-order valence-electron chi connectivity index (χ3n) is 2.05. The molecule has 0 aliphatic heterocycles. The van der Waals surface area contributed by atoms with E-state index in [9.17, 15) is 9.59 Å². The highest BCUT2D eigenvalue weighted by atomic mass is 35.5. The summed E-state index contributed by atoms with van der Waals surface area (Å²) in [5.41, 5.74) is -0.289. The summed E-state index contributed by atoms with van der Waals surface area (Å²) in [6.45, 7) is 5.82. The molecular weight excluding hydrogens is 305 g/mol. The molecule has 0 aliphatic rings. The Morgan fingerprint density at radius 1 is 1.25 bits per heavy atom. The topological polar surface area (TPSA) is 83.2 Å². The highest BCUT2D eigenvalue weighted by Crippen LogP contribution is 2.21. The lowest BCUT2D eigenvalue weighted by Crippen LogP contribution is -2.37. The highest BCUT2D eigenvalue weighted by Gasteiger charge is 2.15. The Bertz CT molecular complexity index is 475. The molecule has 0 radical (unpaired) electrons. The van der Waals surface area contributed by atoms with Crippen LogP contribution in [0.5, 0.6) is 0 Å². The molecule has 0 atom stereocenters. The normalized spacial score (nSPS) is 11.1. The fraction of sp³-hybridized carbons (Fsp3) is 0.500. The van der Waals surface area contributed by atoms with E-state index in [1.54, 1.807) is 20.8 Å². The molecule has 0 fully saturated rings. The first-order chi connectivity index (χ1) is 9.19. The van der Waals surface area contributed by atoms with E-state index in [2.05, 4.69) is 15.6 Å². The van der Waals surface area contributed by atoms with Gasteiger partial charge in [-0.15, -0.1) is 0 Å². The molecule has 1 aromatic heterocycles. The number of halogens is 2. The van der Waals surface area contributed by atoms with Gasteiger partial charge in [0.2, 0.25) is 0 Å². The second kappa shape index (κ2) is 6.85. The smallest absolute Gasteiger partial charge is 0.407 e. The average molecular weight is 322 g/mol. The van der Waals surface area contributed by atoms with Crippen molar-refractivity contribution in [2.24, 2.45) is 0 Å². The van der Waals surface area contributed by atoms with Gasteiger partial charge in [-0.05, 0) is 26.8 Å². The third-order valence-corrected chi connectivity index (χ3v) is 2.74. The number of alkyl carbamates (subject to hydrolysis) is 1. The molecule has 8 heteroatoms. The zero-order valence-electron chi connectivity index (χ0n) is 11.5. The van der Waals surface area contributed by atoms with Crippen LogP contribution in [0.3, 0.4) is 0 Å². The van der Waals surface area contributed by atoms with Gasteiger partial charge in [-0.25, -0.2) is 4.79 Å². The number of H-pyrrole nitrogens is 1. The van der Waals surface area contributed by atoms with Crippen molar-refractivity contribution in [3.05, 3.63) is 21.9 Å². The molecule has 1 rings (SSSR count). The number of nitrogens with one attached hydrogen (secondary N) is 3. The first-order valence-corrected chi connectivity index (χ1v) is 6.73. The van der Waals surface area contributed by atoms with Crippen LogP contribution in [0.4, 0.5) is 4.79 Å². The highest BCUT2D eigenvalue weighted by molar-refractivity contribution is 6.41. The summed E-state index contributed by atoms with van der Waals surface area (Å²) in [5.74, 6) is -0.357. The molecule has 0 saturated carbocycles. The molecule has 0 spiro atoms. The summed E-state index contributed by atoms with van der Waals surface area (Å²) in [5, 5.41) is 5.62. The van der Waals surface area contributed by atoms with Crippen LogP contribution in [-0.4, -0.2) is 35.7 Å². The predicted octanol–water partition coefficient (Wildman–Crippen LogP) is 2.58. The number of ether oxygens (including phenoxy) is 1.